The number of fused-ring (bicyclic) bond motifs is 1. The molecule has 0 radical (unpaired) electrons. The lowest BCUT2D eigenvalue weighted by molar-refractivity contribution is -0.130. The molecule has 1 aromatic rings. The molecule has 0 spiro atoms. The van der Waals surface area contributed by atoms with Crippen molar-refractivity contribution in [2.75, 3.05) is 13.7 Å². The lowest BCUT2D eigenvalue weighted by atomic mass is 9.95. The Balaban J connectivity index is 1.51. The summed E-state index contributed by atoms with van der Waals surface area (Å²) < 4.78 is 5.08. The fourth-order valence-electron chi connectivity index (χ4n) is 2.73. The van der Waals surface area contributed by atoms with Crippen LogP contribution in [-0.4, -0.2) is 42.1 Å². The summed E-state index contributed by atoms with van der Waals surface area (Å²) in [5.74, 6) is -0.382. The zero-order valence-electron chi connectivity index (χ0n) is 14.3. The summed E-state index contributed by atoms with van der Waals surface area (Å²) in [6.07, 6.45) is 6.86. The molecule has 1 aromatic carbocycles. The maximum Gasteiger partial charge on any atom is 0.350 e. The van der Waals surface area contributed by atoms with Crippen molar-refractivity contribution in [2.24, 2.45) is 10.9 Å². The van der Waals surface area contributed by atoms with Gasteiger partial charge in [0.15, 0.2) is 0 Å². The minimum absolute atomic E-state index is 0.0109. The second-order valence-electron chi connectivity index (χ2n) is 5.91. The number of urea groups is 1. The van der Waals surface area contributed by atoms with Gasteiger partial charge in [0.1, 0.15) is 5.75 Å². The minimum atomic E-state index is -0.621. The van der Waals surface area contributed by atoms with Crippen molar-refractivity contribution in [1.29, 1.82) is 0 Å². The van der Waals surface area contributed by atoms with Gasteiger partial charge in [-0.25, -0.2) is 4.79 Å². The standard InChI is InChI=1S/C19H19N3O4/c1-26-14-8-6-13(7-9-14)12-20-17(23)10-11-22-18(24)15-4-2-3-5-16(15)21-19(22)25/h2-9,15H,10-12H2,1H3,(H,20,23). The number of amides is 4. The van der Waals surface area contributed by atoms with Gasteiger partial charge in [-0.1, -0.05) is 30.4 Å². The Kier molecular flexibility index (Phi) is 5.26. The number of imide groups is 1. The van der Waals surface area contributed by atoms with E-state index in [1.165, 1.54) is 0 Å². The van der Waals surface area contributed by atoms with Gasteiger partial charge in [0, 0.05) is 19.5 Å². The van der Waals surface area contributed by atoms with Crippen LogP contribution in [0.15, 0.2) is 53.6 Å². The molecule has 1 N–H and O–H groups in total. The Morgan fingerprint density at radius 1 is 1.23 bits per heavy atom. The lowest BCUT2D eigenvalue weighted by Gasteiger charge is -2.28. The van der Waals surface area contributed by atoms with E-state index in [1.807, 2.05) is 24.3 Å². The van der Waals surface area contributed by atoms with Crippen molar-refractivity contribution in [3.8, 4) is 5.75 Å². The molecule has 1 aliphatic heterocycles. The predicted molar refractivity (Wildman–Crippen MR) is 95.8 cm³/mol. The fraction of sp³-hybridized carbons (Fsp3) is 0.263. The first-order valence-electron chi connectivity index (χ1n) is 8.27. The molecule has 0 aromatic heterocycles. The summed E-state index contributed by atoms with van der Waals surface area (Å²) in [6.45, 7) is 0.375. The van der Waals surface area contributed by atoms with Crippen LogP contribution in [-0.2, 0) is 16.1 Å². The number of carbonyl (C=O) groups is 3. The van der Waals surface area contributed by atoms with E-state index in [4.69, 9.17) is 4.74 Å². The Labute approximate surface area is 151 Å². The van der Waals surface area contributed by atoms with Crippen LogP contribution in [0.4, 0.5) is 4.79 Å². The molecule has 4 amide bonds. The highest BCUT2D eigenvalue weighted by Crippen LogP contribution is 2.19. The predicted octanol–water partition coefficient (Wildman–Crippen LogP) is 1.85. The molecule has 2 aliphatic rings. The molecule has 0 fully saturated rings. The van der Waals surface area contributed by atoms with Crippen LogP contribution < -0.4 is 10.1 Å². The number of benzene rings is 1. The maximum atomic E-state index is 12.4. The number of hydrogen-bond acceptors (Lipinski definition) is 4. The largest absolute Gasteiger partial charge is 0.497 e. The van der Waals surface area contributed by atoms with Crippen LogP contribution in [0.5, 0.6) is 5.75 Å². The van der Waals surface area contributed by atoms with E-state index in [1.54, 1.807) is 31.4 Å². The third-order valence-electron chi connectivity index (χ3n) is 4.20. The first-order chi connectivity index (χ1) is 12.6. The quantitative estimate of drug-likeness (QED) is 0.845. The first-order valence-corrected chi connectivity index (χ1v) is 8.27. The molecule has 7 heteroatoms. The van der Waals surface area contributed by atoms with Crippen molar-refractivity contribution in [3.63, 3.8) is 0 Å². The number of rotatable bonds is 6. The van der Waals surface area contributed by atoms with Gasteiger partial charge in [-0.2, -0.15) is 4.99 Å². The van der Waals surface area contributed by atoms with E-state index >= 15 is 0 Å². The number of hydrogen-bond donors (Lipinski definition) is 1. The number of methoxy groups -OCH3 is 1. The van der Waals surface area contributed by atoms with Gasteiger partial charge in [-0.15, -0.1) is 0 Å². The van der Waals surface area contributed by atoms with E-state index in [2.05, 4.69) is 10.3 Å². The Morgan fingerprint density at radius 2 is 2.00 bits per heavy atom. The zero-order chi connectivity index (χ0) is 18.5. The number of nitrogens with zero attached hydrogens (tertiary/aromatic N) is 2. The average Bonchev–Trinajstić information content (AvgIpc) is 2.66. The molecule has 7 nitrogen and oxygen atoms in total. The van der Waals surface area contributed by atoms with E-state index in [-0.39, 0.29) is 24.8 Å². The Bertz CT molecular complexity index is 809. The van der Waals surface area contributed by atoms with Crippen LogP contribution in [0.3, 0.4) is 0 Å². The fourth-order valence-corrected chi connectivity index (χ4v) is 2.73. The van der Waals surface area contributed by atoms with E-state index in [0.29, 0.717) is 12.3 Å². The van der Waals surface area contributed by atoms with Crippen LogP contribution in [0.1, 0.15) is 12.0 Å². The third kappa shape index (κ3) is 3.88. The Morgan fingerprint density at radius 3 is 2.73 bits per heavy atom. The van der Waals surface area contributed by atoms with E-state index < -0.39 is 11.9 Å². The summed E-state index contributed by atoms with van der Waals surface area (Å²) in [4.78, 5) is 41.4. The second-order valence-corrected chi connectivity index (χ2v) is 5.91. The third-order valence-corrected chi connectivity index (χ3v) is 4.20. The molecule has 1 aliphatic carbocycles. The summed E-state index contributed by atoms with van der Waals surface area (Å²) in [6, 6.07) is 6.72. The number of allylic oxidation sites excluding steroid dienone is 3. The number of ether oxygens (including phenoxy) is 1. The van der Waals surface area contributed by atoms with Crippen LogP contribution in [0, 0.1) is 5.92 Å². The monoisotopic (exact) mass is 353 g/mol. The molecule has 0 saturated heterocycles. The van der Waals surface area contributed by atoms with Crippen LogP contribution in [0.2, 0.25) is 0 Å². The van der Waals surface area contributed by atoms with Crippen LogP contribution >= 0.6 is 0 Å². The summed E-state index contributed by atoms with van der Waals surface area (Å²) in [7, 11) is 1.59. The zero-order valence-corrected chi connectivity index (χ0v) is 14.3. The van der Waals surface area contributed by atoms with Crippen molar-refractivity contribution in [1.82, 2.24) is 10.2 Å². The van der Waals surface area contributed by atoms with Gasteiger partial charge in [0.25, 0.3) is 0 Å². The second kappa shape index (κ2) is 7.77. The number of carbonyl (C=O) groups excluding carboxylic acids is 3. The number of aliphatic imine (C=N–C) groups is 1. The van der Waals surface area contributed by atoms with Crippen molar-refractivity contribution >= 4 is 23.6 Å². The highest BCUT2D eigenvalue weighted by atomic mass is 16.5. The normalized spacial score (nSPS) is 18.4. The smallest absolute Gasteiger partial charge is 0.350 e. The van der Waals surface area contributed by atoms with Gasteiger partial charge >= 0.3 is 6.03 Å². The van der Waals surface area contributed by atoms with E-state index in [9.17, 15) is 14.4 Å². The molecule has 3 rings (SSSR count). The highest BCUT2D eigenvalue weighted by molar-refractivity contribution is 6.21. The van der Waals surface area contributed by atoms with Crippen molar-refractivity contribution in [2.45, 2.75) is 13.0 Å². The summed E-state index contributed by atoms with van der Waals surface area (Å²) in [5.41, 5.74) is 1.38. The van der Waals surface area contributed by atoms with Gasteiger partial charge in [-0.3, -0.25) is 14.5 Å². The topological polar surface area (TPSA) is 88.1 Å². The molecule has 1 unspecified atom stereocenters. The molecule has 26 heavy (non-hydrogen) atoms. The van der Waals surface area contributed by atoms with Crippen LogP contribution in [0.25, 0.3) is 0 Å². The summed E-state index contributed by atoms with van der Waals surface area (Å²) in [5, 5.41) is 2.77. The lowest BCUT2D eigenvalue weighted by Crippen LogP contribution is -2.47. The number of nitrogens with one attached hydrogen (secondary N) is 1. The van der Waals surface area contributed by atoms with Gasteiger partial charge in [0.05, 0.1) is 18.7 Å². The maximum absolute atomic E-state index is 12.4. The minimum Gasteiger partial charge on any atom is -0.497 e. The van der Waals surface area contributed by atoms with Crippen molar-refractivity contribution < 1.29 is 19.1 Å². The molecule has 0 bridgehead atoms. The Hall–Kier alpha value is -3.22. The SMILES string of the molecule is COc1ccc(CNC(=O)CCN2C(=O)N=C3C=CC=CC3C2=O)cc1. The molecular formula is C19H19N3O4. The van der Waals surface area contributed by atoms with E-state index in [0.717, 1.165) is 16.2 Å². The summed E-state index contributed by atoms with van der Waals surface area (Å²) >= 11 is 0. The van der Waals surface area contributed by atoms with Gasteiger partial charge in [-0.05, 0) is 23.8 Å². The van der Waals surface area contributed by atoms with Crippen molar-refractivity contribution in [3.05, 3.63) is 54.1 Å². The van der Waals surface area contributed by atoms with Gasteiger partial charge < -0.3 is 10.1 Å². The molecule has 0 saturated carbocycles. The molecule has 1 atom stereocenters. The average molecular weight is 353 g/mol. The molecule has 134 valence electrons. The van der Waals surface area contributed by atoms with Gasteiger partial charge in [0.2, 0.25) is 11.8 Å². The molecular weight excluding hydrogens is 334 g/mol. The highest BCUT2D eigenvalue weighted by Gasteiger charge is 2.35. The first kappa shape index (κ1) is 17.6. The molecule has 1 heterocycles.